The number of pyridine rings is 1. The molecule has 1 aliphatic rings. The van der Waals surface area contributed by atoms with E-state index < -0.39 is 5.82 Å². The van der Waals surface area contributed by atoms with Crippen molar-refractivity contribution in [3.8, 4) is 28.0 Å². The molecule has 2 aromatic carbocycles. The fourth-order valence-corrected chi connectivity index (χ4v) is 4.23. The second kappa shape index (κ2) is 10.8. The fraction of sp³-hybridized carbons (Fsp3) is 0.231. The van der Waals surface area contributed by atoms with Crippen molar-refractivity contribution < 1.29 is 14.3 Å². The van der Waals surface area contributed by atoms with Gasteiger partial charge in [0, 0.05) is 70.0 Å². The molecule has 0 saturated carbocycles. The van der Waals surface area contributed by atoms with Crippen LogP contribution in [0.25, 0.3) is 22.3 Å². The lowest BCUT2D eigenvalue weighted by molar-refractivity contribution is -0.106. The highest BCUT2D eigenvalue weighted by atomic mass is 35.5. The third kappa shape index (κ3) is 5.55. The maximum Gasteiger partial charge on any atom is 0.218 e. The molecule has 2 N–H and O–H groups in total. The molecular formula is C26H27ClFN5O2. The summed E-state index contributed by atoms with van der Waals surface area (Å²) in [5.41, 5.74) is 2.32. The molecule has 0 spiro atoms. The number of aromatic nitrogens is 1. The second-order valence-corrected chi connectivity index (χ2v) is 8.84. The number of anilines is 2. The Morgan fingerprint density at radius 2 is 1.74 bits per heavy atom. The Bertz CT molecular complexity index is 1240. The van der Waals surface area contributed by atoms with E-state index in [-0.39, 0.29) is 10.8 Å². The lowest BCUT2D eigenvalue weighted by Crippen LogP contribution is -2.43. The number of nitrogens with one attached hydrogen (secondary N) is 1. The first kappa shape index (κ1) is 24.5. The van der Waals surface area contributed by atoms with E-state index >= 15 is 0 Å². The van der Waals surface area contributed by atoms with Crippen molar-refractivity contribution in [2.45, 2.75) is 0 Å². The molecule has 0 unspecified atom stereocenters. The number of benzene rings is 2. The molecular weight excluding hydrogens is 469 g/mol. The summed E-state index contributed by atoms with van der Waals surface area (Å²) in [6.07, 6.45) is 5.62. The van der Waals surface area contributed by atoms with E-state index in [1.165, 1.54) is 17.0 Å². The highest BCUT2D eigenvalue weighted by Gasteiger charge is 2.18. The van der Waals surface area contributed by atoms with E-state index in [1.54, 1.807) is 47.8 Å². The molecule has 2 heterocycles. The largest absolute Gasteiger partial charge is 0.507 e. The van der Waals surface area contributed by atoms with Gasteiger partial charge in [0.1, 0.15) is 17.4 Å². The van der Waals surface area contributed by atoms with Gasteiger partial charge in [-0.1, -0.05) is 17.7 Å². The molecule has 3 aromatic rings. The Labute approximate surface area is 209 Å². The van der Waals surface area contributed by atoms with E-state index in [4.69, 9.17) is 11.6 Å². The number of phenolic OH excluding ortho intramolecular Hbond substituents is 1. The SMILES string of the molecule is CN(C)/C=C\N(C=O)c1ccc(-c2cc(F)cc(-c3ccnc(N4CCNCC4)c3)c2O)cc1Cl. The highest BCUT2D eigenvalue weighted by molar-refractivity contribution is 6.34. The first-order valence-corrected chi connectivity index (χ1v) is 11.6. The van der Waals surface area contributed by atoms with Crippen LogP contribution in [-0.2, 0) is 4.79 Å². The van der Waals surface area contributed by atoms with Crippen LogP contribution in [0, 0.1) is 5.82 Å². The van der Waals surface area contributed by atoms with Crippen LogP contribution >= 0.6 is 11.6 Å². The number of nitrogens with zero attached hydrogens (tertiary/aromatic N) is 4. The van der Waals surface area contributed by atoms with Crippen LogP contribution in [0.5, 0.6) is 5.75 Å². The van der Waals surface area contributed by atoms with Gasteiger partial charge in [0.2, 0.25) is 6.41 Å². The van der Waals surface area contributed by atoms with Crippen LogP contribution in [0.2, 0.25) is 5.02 Å². The van der Waals surface area contributed by atoms with Gasteiger partial charge in [-0.15, -0.1) is 0 Å². The van der Waals surface area contributed by atoms with Crippen molar-refractivity contribution in [1.82, 2.24) is 15.2 Å². The molecule has 0 bridgehead atoms. The Balaban J connectivity index is 1.71. The zero-order valence-corrected chi connectivity index (χ0v) is 20.3. The molecule has 1 saturated heterocycles. The second-order valence-electron chi connectivity index (χ2n) is 8.43. The normalized spacial score (nSPS) is 13.8. The standard InChI is InChI=1S/C26H27ClFN5O2/c1-31(2)11-12-33(17-34)24-4-3-18(13-23(24)27)21-15-20(28)16-22(26(21)35)19-5-6-30-25(14-19)32-9-7-29-8-10-32/h3-6,11-17,29,35H,7-10H2,1-2H3/b12-11-. The summed E-state index contributed by atoms with van der Waals surface area (Å²) in [7, 11) is 3.67. The maximum atomic E-state index is 14.7. The third-order valence-electron chi connectivity index (χ3n) is 5.75. The van der Waals surface area contributed by atoms with Gasteiger partial charge in [0.25, 0.3) is 0 Å². The predicted octanol–water partition coefficient (Wildman–Crippen LogP) is 4.32. The maximum absolute atomic E-state index is 14.7. The molecule has 9 heteroatoms. The summed E-state index contributed by atoms with van der Waals surface area (Å²) in [5, 5.41) is 14.7. The monoisotopic (exact) mass is 495 g/mol. The topological polar surface area (TPSA) is 71.9 Å². The van der Waals surface area contributed by atoms with Crippen molar-refractivity contribution in [2.24, 2.45) is 0 Å². The lowest BCUT2D eigenvalue weighted by Gasteiger charge is -2.28. The van der Waals surface area contributed by atoms with Crippen LogP contribution in [0.15, 0.2) is 61.1 Å². The first-order chi connectivity index (χ1) is 16.9. The molecule has 0 radical (unpaired) electrons. The fourth-order valence-electron chi connectivity index (χ4n) is 3.95. The Morgan fingerprint density at radius 1 is 1.06 bits per heavy atom. The number of rotatable bonds is 7. The molecule has 4 rings (SSSR count). The van der Waals surface area contributed by atoms with Gasteiger partial charge in [-0.3, -0.25) is 9.69 Å². The van der Waals surface area contributed by atoms with Crippen molar-refractivity contribution in [1.29, 1.82) is 0 Å². The van der Waals surface area contributed by atoms with Gasteiger partial charge in [-0.25, -0.2) is 9.37 Å². The first-order valence-electron chi connectivity index (χ1n) is 11.2. The van der Waals surface area contributed by atoms with Gasteiger partial charge in [-0.05, 0) is 47.5 Å². The van der Waals surface area contributed by atoms with Crippen molar-refractivity contribution in [3.05, 3.63) is 71.9 Å². The summed E-state index contributed by atoms with van der Waals surface area (Å²) in [6, 6.07) is 11.1. The zero-order valence-electron chi connectivity index (χ0n) is 19.6. The number of hydrogen-bond acceptors (Lipinski definition) is 6. The van der Waals surface area contributed by atoms with Crippen molar-refractivity contribution in [3.63, 3.8) is 0 Å². The van der Waals surface area contributed by atoms with Gasteiger partial charge in [0.05, 0.1) is 10.7 Å². The molecule has 1 aromatic heterocycles. The number of halogens is 2. The van der Waals surface area contributed by atoms with E-state index in [2.05, 4.69) is 15.2 Å². The summed E-state index contributed by atoms with van der Waals surface area (Å²) in [4.78, 5) is 21.3. The minimum absolute atomic E-state index is 0.0626. The minimum atomic E-state index is -0.489. The average molecular weight is 496 g/mol. The molecule has 1 amide bonds. The lowest BCUT2D eigenvalue weighted by atomic mass is 9.97. The van der Waals surface area contributed by atoms with Crippen LogP contribution in [0.1, 0.15) is 0 Å². The Morgan fingerprint density at radius 3 is 2.37 bits per heavy atom. The third-order valence-corrected chi connectivity index (χ3v) is 6.05. The molecule has 35 heavy (non-hydrogen) atoms. The molecule has 1 aliphatic heterocycles. The van der Waals surface area contributed by atoms with Gasteiger partial charge < -0.3 is 20.2 Å². The number of amides is 1. The Hall–Kier alpha value is -3.62. The number of piperazine rings is 1. The average Bonchev–Trinajstić information content (AvgIpc) is 2.86. The van der Waals surface area contributed by atoms with Crippen LogP contribution in [-0.4, -0.2) is 61.7 Å². The summed E-state index contributed by atoms with van der Waals surface area (Å²) < 4.78 is 14.7. The van der Waals surface area contributed by atoms with E-state index in [1.807, 2.05) is 20.2 Å². The van der Waals surface area contributed by atoms with Gasteiger partial charge in [0.15, 0.2) is 0 Å². The number of aromatic hydroxyl groups is 1. The quantitative estimate of drug-likeness (QED) is 0.476. The number of carbonyl (C=O) groups excluding carboxylic acids is 1. The summed E-state index contributed by atoms with van der Waals surface area (Å²) in [6.45, 7) is 3.38. The van der Waals surface area contributed by atoms with Gasteiger partial charge in [-0.2, -0.15) is 0 Å². The number of phenols is 1. The van der Waals surface area contributed by atoms with E-state index in [0.717, 1.165) is 32.0 Å². The molecule has 0 aliphatic carbocycles. The van der Waals surface area contributed by atoms with E-state index in [9.17, 15) is 14.3 Å². The van der Waals surface area contributed by atoms with Crippen molar-refractivity contribution in [2.75, 3.05) is 50.1 Å². The van der Waals surface area contributed by atoms with E-state index in [0.29, 0.717) is 34.4 Å². The molecule has 1 fully saturated rings. The molecule has 0 atom stereocenters. The highest BCUT2D eigenvalue weighted by Crippen LogP contribution is 2.41. The number of hydrogen-bond donors (Lipinski definition) is 2. The predicted molar refractivity (Wildman–Crippen MR) is 138 cm³/mol. The number of carbonyl (C=O) groups is 1. The van der Waals surface area contributed by atoms with Crippen LogP contribution in [0.4, 0.5) is 15.9 Å². The summed E-state index contributed by atoms with van der Waals surface area (Å²) >= 11 is 6.48. The van der Waals surface area contributed by atoms with Crippen molar-refractivity contribution >= 4 is 29.5 Å². The molecule has 7 nitrogen and oxygen atoms in total. The minimum Gasteiger partial charge on any atom is -0.507 e. The Kier molecular flexibility index (Phi) is 7.53. The summed E-state index contributed by atoms with van der Waals surface area (Å²) in [5.74, 6) is 0.228. The smallest absolute Gasteiger partial charge is 0.218 e. The van der Waals surface area contributed by atoms with Gasteiger partial charge >= 0.3 is 0 Å². The van der Waals surface area contributed by atoms with Crippen LogP contribution in [0.3, 0.4) is 0 Å². The van der Waals surface area contributed by atoms with Crippen LogP contribution < -0.4 is 15.1 Å². The zero-order chi connectivity index (χ0) is 24.9. The molecule has 182 valence electrons.